The third-order valence-corrected chi connectivity index (χ3v) is 4.31. The van der Waals surface area contributed by atoms with E-state index in [-0.39, 0.29) is 23.5 Å². The molecule has 1 aromatic carbocycles. The molecule has 0 bridgehead atoms. The zero-order valence-electron chi connectivity index (χ0n) is 11.2. The van der Waals surface area contributed by atoms with E-state index < -0.39 is 23.1 Å². The predicted octanol–water partition coefficient (Wildman–Crippen LogP) is 0.458. The van der Waals surface area contributed by atoms with Crippen LogP contribution in [-0.4, -0.2) is 37.5 Å². The lowest BCUT2D eigenvalue weighted by Crippen LogP contribution is -2.32. The molecule has 0 radical (unpaired) electrons. The molecular weight excluding hydrogens is 290 g/mol. The molecule has 0 fully saturated rings. The Hall–Kier alpha value is -2.37. The molecule has 0 aliphatic rings. The van der Waals surface area contributed by atoms with Gasteiger partial charge in [-0.25, -0.2) is 8.42 Å². The molecule has 0 saturated carbocycles. The van der Waals surface area contributed by atoms with Gasteiger partial charge in [0.1, 0.15) is 13.1 Å². The van der Waals surface area contributed by atoms with Crippen LogP contribution >= 0.6 is 0 Å². The van der Waals surface area contributed by atoms with E-state index in [4.69, 9.17) is 15.6 Å². The quantitative estimate of drug-likeness (QED) is 0.628. The normalized spacial score (nSPS) is 10.3. The fourth-order valence-electron chi connectivity index (χ4n) is 1.53. The monoisotopic (exact) mass is 303 g/mol. The summed E-state index contributed by atoms with van der Waals surface area (Å²) in [4.78, 5) is -0.0547. The number of aliphatic hydroxyl groups excluding tert-OH is 1. The molecule has 1 N–H and O–H groups in total. The molecule has 0 aromatic heterocycles. The second-order valence-electron chi connectivity index (χ2n) is 3.86. The number of aliphatic hydroxyl groups is 1. The number of benzene rings is 1. The molecule has 7 heteroatoms. The van der Waals surface area contributed by atoms with Crippen LogP contribution in [0.2, 0.25) is 0 Å². The summed E-state index contributed by atoms with van der Waals surface area (Å²) in [5.41, 5.74) is 0.270. The number of hydrogen-bond donors (Lipinski definition) is 1. The number of sulfonamides is 1. The zero-order valence-corrected chi connectivity index (χ0v) is 12.0. The number of nitriles is 2. The van der Waals surface area contributed by atoms with E-state index in [9.17, 15) is 8.42 Å². The first-order valence-electron chi connectivity index (χ1n) is 6.00. The lowest BCUT2D eigenvalue weighted by Gasteiger charge is -2.16. The van der Waals surface area contributed by atoms with Crippen molar-refractivity contribution in [1.82, 2.24) is 4.31 Å². The van der Waals surface area contributed by atoms with E-state index in [0.29, 0.717) is 0 Å². The van der Waals surface area contributed by atoms with Gasteiger partial charge in [0.15, 0.2) is 0 Å². The minimum Gasteiger partial charge on any atom is -0.395 e. The Morgan fingerprint density at radius 3 is 2.33 bits per heavy atom. The molecule has 0 unspecified atom stereocenters. The van der Waals surface area contributed by atoms with Crippen molar-refractivity contribution in [3.8, 4) is 24.0 Å². The minimum absolute atomic E-state index is 0.0547. The van der Waals surface area contributed by atoms with E-state index in [1.807, 2.05) is 0 Å². The highest BCUT2D eigenvalue weighted by Gasteiger charge is 2.26. The lowest BCUT2D eigenvalue weighted by molar-refractivity contribution is 0.305. The van der Waals surface area contributed by atoms with Gasteiger partial charge in [0.2, 0.25) is 10.0 Å². The average Bonchev–Trinajstić information content (AvgIpc) is 2.47. The maximum Gasteiger partial charge on any atom is 0.246 e. The van der Waals surface area contributed by atoms with Crippen LogP contribution in [0.1, 0.15) is 12.0 Å². The minimum atomic E-state index is -3.97. The van der Waals surface area contributed by atoms with Crippen LogP contribution in [0.15, 0.2) is 29.2 Å². The number of hydrogen-bond acceptors (Lipinski definition) is 5. The Kier molecular flexibility index (Phi) is 6.39. The highest BCUT2D eigenvalue weighted by molar-refractivity contribution is 7.89. The van der Waals surface area contributed by atoms with Crippen molar-refractivity contribution in [2.24, 2.45) is 0 Å². The second-order valence-corrected chi connectivity index (χ2v) is 5.77. The highest BCUT2D eigenvalue weighted by Crippen LogP contribution is 2.19. The molecule has 0 aliphatic heterocycles. The van der Waals surface area contributed by atoms with Crippen molar-refractivity contribution >= 4 is 10.0 Å². The van der Waals surface area contributed by atoms with Crippen molar-refractivity contribution in [1.29, 1.82) is 10.5 Å². The van der Waals surface area contributed by atoms with Crippen molar-refractivity contribution < 1.29 is 13.5 Å². The van der Waals surface area contributed by atoms with Crippen LogP contribution in [-0.2, 0) is 10.0 Å². The molecule has 1 rings (SSSR count). The van der Waals surface area contributed by atoms with Crippen LogP contribution in [0.4, 0.5) is 0 Å². The molecular formula is C14H13N3O3S. The Balaban J connectivity index is 3.29. The molecule has 0 aliphatic carbocycles. The molecule has 0 spiro atoms. The second kappa shape index (κ2) is 8.04. The van der Waals surface area contributed by atoms with E-state index in [2.05, 4.69) is 11.8 Å². The smallest absolute Gasteiger partial charge is 0.246 e. The molecule has 0 atom stereocenters. The standard InChI is InChI=1S/C14H13N3O3S/c15-8-10-17(11-9-16)21(19,20)14-7-2-1-5-13(14)6-3-4-12-18/h1-2,5,7,18H,4,10-12H2. The molecule has 0 saturated heterocycles. The molecule has 21 heavy (non-hydrogen) atoms. The summed E-state index contributed by atoms with van der Waals surface area (Å²) in [6.07, 6.45) is 0.231. The van der Waals surface area contributed by atoms with Crippen molar-refractivity contribution in [3.05, 3.63) is 29.8 Å². The first-order chi connectivity index (χ1) is 10.1. The highest BCUT2D eigenvalue weighted by atomic mass is 32.2. The topological polar surface area (TPSA) is 105 Å². The number of nitrogens with zero attached hydrogens (tertiary/aromatic N) is 3. The van der Waals surface area contributed by atoms with Gasteiger partial charge in [-0.15, -0.1) is 0 Å². The van der Waals surface area contributed by atoms with Gasteiger partial charge in [0.25, 0.3) is 0 Å². The summed E-state index contributed by atoms with van der Waals surface area (Å²) in [6, 6.07) is 9.55. The maximum atomic E-state index is 12.5. The predicted molar refractivity (Wildman–Crippen MR) is 75.0 cm³/mol. The van der Waals surface area contributed by atoms with E-state index in [1.54, 1.807) is 24.3 Å². The largest absolute Gasteiger partial charge is 0.395 e. The van der Waals surface area contributed by atoms with Gasteiger partial charge in [-0.2, -0.15) is 14.8 Å². The summed E-state index contributed by atoms with van der Waals surface area (Å²) < 4.78 is 25.7. The lowest BCUT2D eigenvalue weighted by atomic mass is 10.2. The summed E-state index contributed by atoms with van der Waals surface area (Å²) in [7, 11) is -3.97. The fourth-order valence-corrected chi connectivity index (χ4v) is 2.91. The Bertz CT molecular complexity index is 717. The van der Waals surface area contributed by atoms with Gasteiger partial charge in [0.05, 0.1) is 23.6 Å². The third kappa shape index (κ3) is 4.30. The van der Waals surface area contributed by atoms with Gasteiger partial charge in [0, 0.05) is 12.0 Å². The molecule has 6 nitrogen and oxygen atoms in total. The first-order valence-corrected chi connectivity index (χ1v) is 7.44. The fraction of sp³-hybridized carbons (Fsp3) is 0.286. The first kappa shape index (κ1) is 16.7. The third-order valence-electron chi connectivity index (χ3n) is 2.46. The van der Waals surface area contributed by atoms with Crippen LogP contribution in [0, 0.1) is 34.5 Å². The Morgan fingerprint density at radius 1 is 1.14 bits per heavy atom. The van der Waals surface area contributed by atoms with Crippen LogP contribution in [0.3, 0.4) is 0 Å². The van der Waals surface area contributed by atoms with Crippen LogP contribution < -0.4 is 0 Å². The van der Waals surface area contributed by atoms with Gasteiger partial charge in [-0.3, -0.25) is 0 Å². The summed E-state index contributed by atoms with van der Waals surface area (Å²) in [5.74, 6) is 5.33. The Morgan fingerprint density at radius 2 is 1.76 bits per heavy atom. The van der Waals surface area contributed by atoms with Crippen molar-refractivity contribution in [2.45, 2.75) is 11.3 Å². The van der Waals surface area contributed by atoms with Crippen LogP contribution in [0.5, 0.6) is 0 Å². The Labute approximate surface area is 123 Å². The number of rotatable bonds is 5. The van der Waals surface area contributed by atoms with Gasteiger partial charge in [-0.1, -0.05) is 24.0 Å². The van der Waals surface area contributed by atoms with Crippen LogP contribution in [0.25, 0.3) is 0 Å². The summed E-state index contributed by atoms with van der Waals surface area (Å²) in [6.45, 7) is -0.931. The zero-order chi connectivity index (χ0) is 15.7. The molecule has 0 heterocycles. The maximum absolute atomic E-state index is 12.5. The van der Waals surface area contributed by atoms with Gasteiger partial charge in [-0.05, 0) is 12.1 Å². The SMILES string of the molecule is N#CCN(CC#N)S(=O)(=O)c1ccccc1C#CCCO. The molecule has 108 valence electrons. The average molecular weight is 303 g/mol. The molecule has 0 amide bonds. The summed E-state index contributed by atoms with van der Waals surface area (Å²) >= 11 is 0. The van der Waals surface area contributed by atoms with Gasteiger partial charge < -0.3 is 5.11 Å². The van der Waals surface area contributed by atoms with E-state index in [1.165, 1.54) is 12.1 Å². The molecule has 1 aromatic rings. The van der Waals surface area contributed by atoms with Crippen molar-refractivity contribution in [2.75, 3.05) is 19.7 Å². The van der Waals surface area contributed by atoms with Crippen molar-refractivity contribution in [3.63, 3.8) is 0 Å². The summed E-state index contributed by atoms with van der Waals surface area (Å²) in [5, 5.41) is 26.1. The van der Waals surface area contributed by atoms with E-state index >= 15 is 0 Å². The van der Waals surface area contributed by atoms with E-state index in [0.717, 1.165) is 4.31 Å². The van der Waals surface area contributed by atoms with Gasteiger partial charge >= 0.3 is 0 Å².